The van der Waals surface area contributed by atoms with Gasteiger partial charge in [0.2, 0.25) is 5.82 Å². The molecule has 1 heterocycles. The molecule has 0 aliphatic heterocycles. The number of hydrogen-bond donors (Lipinski definition) is 0. The van der Waals surface area contributed by atoms with Crippen LogP contribution in [-0.2, 0) is 13.2 Å². The van der Waals surface area contributed by atoms with E-state index in [0.29, 0.717) is 0 Å². The lowest BCUT2D eigenvalue weighted by Crippen LogP contribution is -2.13. The number of halogens is 3. The summed E-state index contributed by atoms with van der Waals surface area (Å²) in [6.45, 7) is 1.92. The lowest BCUT2D eigenvalue weighted by Gasteiger charge is -2.11. The summed E-state index contributed by atoms with van der Waals surface area (Å²) in [7, 11) is 1.32. The molecule has 0 N–H and O–H groups in total. The van der Waals surface area contributed by atoms with Gasteiger partial charge in [-0.25, -0.2) is 0 Å². The molecule has 0 aliphatic carbocycles. The standard InChI is InChI=1S/C12H12F3N3S/c1-8(9-6-4-3-5-7-9)19-11-17-16-10(18(11)2)12(13,14)15/h3-8H,1-2H3/t8-/m0/s1. The topological polar surface area (TPSA) is 30.7 Å². The zero-order chi connectivity index (χ0) is 14.0. The third kappa shape index (κ3) is 3.09. The Morgan fingerprint density at radius 3 is 2.32 bits per heavy atom. The average molecular weight is 287 g/mol. The van der Waals surface area contributed by atoms with Gasteiger partial charge in [-0.05, 0) is 12.5 Å². The summed E-state index contributed by atoms with van der Waals surface area (Å²) in [5.41, 5.74) is 1.03. The zero-order valence-electron chi connectivity index (χ0n) is 10.3. The highest BCUT2D eigenvalue weighted by molar-refractivity contribution is 7.99. The second-order valence-corrected chi connectivity index (χ2v) is 5.34. The van der Waals surface area contributed by atoms with Crippen molar-refractivity contribution in [3.05, 3.63) is 41.7 Å². The SMILES string of the molecule is C[C@H](Sc1nnc(C(F)(F)F)n1C)c1ccccc1. The molecule has 0 bridgehead atoms. The Bertz CT molecular complexity index is 551. The molecule has 19 heavy (non-hydrogen) atoms. The first kappa shape index (κ1) is 13.9. The van der Waals surface area contributed by atoms with Gasteiger partial charge < -0.3 is 4.57 Å². The second-order valence-electron chi connectivity index (χ2n) is 4.03. The molecular formula is C12H12F3N3S. The van der Waals surface area contributed by atoms with Gasteiger partial charge in [0.1, 0.15) is 0 Å². The minimum absolute atomic E-state index is 0.00480. The van der Waals surface area contributed by atoms with Gasteiger partial charge in [0.25, 0.3) is 0 Å². The van der Waals surface area contributed by atoms with Gasteiger partial charge in [-0.1, -0.05) is 42.1 Å². The number of nitrogens with zero attached hydrogens (tertiary/aromatic N) is 3. The molecule has 1 aromatic carbocycles. The summed E-state index contributed by atoms with van der Waals surface area (Å²) in [5.74, 6) is -0.977. The fourth-order valence-corrected chi connectivity index (χ4v) is 2.56. The first-order valence-corrected chi connectivity index (χ1v) is 6.45. The predicted octanol–water partition coefficient (Wildman–Crippen LogP) is 3.69. The van der Waals surface area contributed by atoms with Crippen LogP contribution in [0.25, 0.3) is 0 Å². The van der Waals surface area contributed by atoms with Gasteiger partial charge in [-0.3, -0.25) is 0 Å². The maximum Gasteiger partial charge on any atom is 0.451 e. The maximum absolute atomic E-state index is 12.6. The van der Waals surface area contributed by atoms with Crippen LogP contribution >= 0.6 is 11.8 Å². The molecule has 102 valence electrons. The first-order chi connectivity index (χ1) is 8.89. The van der Waals surface area contributed by atoms with Crippen LogP contribution in [-0.4, -0.2) is 14.8 Å². The summed E-state index contributed by atoms with van der Waals surface area (Å²) >= 11 is 1.25. The van der Waals surface area contributed by atoms with Crippen molar-refractivity contribution in [2.75, 3.05) is 0 Å². The van der Waals surface area contributed by atoms with E-state index in [1.165, 1.54) is 18.8 Å². The Kier molecular flexibility index (Phi) is 3.84. The summed E-state index contributed by atoms with van der Waals surface area (Å²) in [6, 6.07) is 9.54. The van der Waals surface area contributed by atoms with Gasteiger partial charge in [-0.2, -0.15) is 13.2 Å². The van der Waals surface area contributed by atoms with Crippen LogP contribution in [0.1, 0.15) is 23.6 Å². The smallest absolute Gasteiger partial charge is 0.302 e. The lowest BCUT2D eigenvalue weighted by atomic mass is 10.2. The van der Waals surface area contributed by atoms with Crippen LogP contribution in [0.2, 0.25) is 0 Å². The highest BCUT2D eigenvalue weighted by atomic mass is 32.2. The molecule has 0 saturated carbocycles. The third-order valence-electron chi connectivity index (χ3n) is 2.64. The Balaban J connectivity index is 2.19. The minimum Gasteiger partial charge on any atom is -0.302 e. The molecule has 0 spiro atoms. The molecule has 2 rings (SSSR count). The van der Waals surface area contributed by atoms with Crippen LogP contribution in [0, 0.1) is 0 Å². The highest BCUT2D eigenvalue weighted by Crippen LogP contribution is 2.35. The molecule has 1 aromatic heterocycles. The van der Waals surface area contributed by atoms with E-state index in [2.05, 4.69) is 10.2 Å². The van der Waals surface area contributed by atoms with Gasteiger partial charge in [0.05, 0.1) is 0 Å². The van der Waals surface area contributed by atoms with E-state index in [0.717, 1.165) is 10.1 Å². The molecular weight excluding hydrogens is 275 g/mol. The normalized spacial score (nSPS) is 13.5. The van der Waals surface area contributed by atoms with Crippen LogP contribution in [0.15, 0.2) is 35.5 Å². The summed E-state index contributed by atoms with van der Waals surface area (Å²) in [5, 5.41) is 7.06. The van der Waals surface area contributed by atoms with E-state index in [4.69, 9.17) is 0 Å². The molecule has 0 saturated heterocycles. The Labute approximate surface area is 112 Å². The second kappa shape index (κ2) is 5.24. The molecule has 1 atom stereocenters. The molecule has 0 amide bonds. The predicted molar refractivity (Wildman–Crippen MR) is 66.7 cm³/mol. The Hall–Kier alpha value is -1.50. The maximum atomic E-state index is 12.6. The van der Waals surface area contributed by atoms with Crippen molar-refractivity contribution < 1.29 is 13.2 Å². The lowest BCUT2D eigenvalue weighted by molar-refractivity contribution is -0.147. The van der Waals surface area contributed by atoms with E-state index >= 15 is 0 Å². The van der Waals surface area contributed by atoms with Crippen LogP contribution in [0.5, 0.6) is 0 Å². The molecule has 0 unspecified atom stereocenters. The average Bonchev–Trinajstić information content (AvgIpc) is 2.72. The quantitative estimate of drug-likeness (QED) is 0.807. The van der Waals surface area contributed by atoms with Crippen molar-refractivity contribution in [1.29, 1.82) is 0 Å². The number of rotatable bonds is 3. The van der Waals surface area contributed by atoms with Crippen molar-refractivity contribution >= 4 is 11.8 Å². The number of thioether (sulfide) groups is 1. The molecule has 7 heteroatoms. The largest absolute Gasteiger partial charge is 0.451 e. The fourth-order valence-electron chi connectivity index (χ4n) is 1.61. The number of alkyl halides is 3. The van der Waals surface area contributed by atoms with Crippen LogP contribution in [0.4, 0.5) is 13.2 Å². The van der Waals surface area contributed by atoms with E-state index < -0.39 is 12.0 Å². The van der Waals surface area contributed by atoms with Crippen molar-refractivity contribution in [3.63, 3.8) is 0 Å². The number of benzene rings is 1. The summed E-state index contributed by atoms with van der Waals surface area (Å²) in [4.78, 5) is 0. The molecule has 0 aliphatic rings. The van der Waals surface area contributed by atoms with Gasteiger partial charge in [0.15, 0.2) is 5.16 Å². The third-order valence-corrected chi connectivity index (χ3v) is 3.83. The summed E-state index contributed by atoms with van der Waals surface area (Å²) in [6.07, 6.45) is -4.48. The van der Waals surface area contributed by atoms with Gasteiger partial charge >= 0.3 is 6.18 Å². The van der Waals surface area contributed by atoms with Crippen molar-refractivity contribution in [3.8, 4) is 0 Å². The first-order valence-electron chi connectivity index (χ1n) is 5.58. The fraction of sp³-hybridized carbons (Fsp3) is 0.333. The van der Waals surface area contributed by atoms with Crippen molar-refractivity contribution in [1.82, 2.24) is 14.8 Å². The minimum atomic E-state index is -4.48. The van der Waals surface area contributed by atoms with Gasteiger partial charge in [0, 0.05) is 12.3 Å². The van der Waals surface area contributed by atoms with Crippen LogP contribution in [0.3, 0.4) is 0 Å². The number of hydrogen-bond acceptors (Lipinski definition) is 3. The van der Waals surface area contributed by atoms with Gasteiger partial charge in [-0.15, -0.1) is 10.2 Å². The van der Waals surface area contributed by atoms with Crippen LogP contribution < -0.4 is 0 Å². The molecule has 3 nitrogen and oxygen atoms in total. The Morgan fingerprint density at radius 2 is 1.79 bits per heavy atom. The monoisotopic (exact) mass is 287 g/mol. The molecule has 0 radical (unpaired) electrons. The summed E-state index contributed by atoms with van der Waals surface area (Å²) < 4.78 is 38.7. The molecule has 2 aromatic rings. The van der Waals surface area contributed by atoms with Crippen molar-refractivity contribution in [2.45, 2.75) is 23.5 Å². The van der Waals surface area contributed by atoms with E-state index in [-0.39, 0.29) is 10.4 Å². The zero-order valence-corrected chi connectivity index (χ0v) is 11.2. The highest BCUT2D eigenvalue weighted by Gasteiger charge is 2.37. The molecule has 0 fully saturated rings. The van der Waals surface area contributed by atoms with E-state index in [1.54, 1.807) is 0 Å². The van der Waals surface area contributed by atoms with E-state index in [9.17, 15) is 13.2 Å². The number of aromatic nitrogens is 3. The Morgan fingerprint density at radius 1 is 1.16 bits per heavy atom. The van der Waals surface area contributed by atoms with E-state index in [1.807, 2.05) is 37.3 Å². The van der Waals surface area contributed by atoms with Crippen molar-refractivity contribution in [2.24, 2.45) is 7.05 Å².